The second-order valence-electron chi connectivity index (χ2n) is 10.8. The summed E-state index contributed by atoms with van der Waals surface area (Å²) in [6.45, 7) is 1.96. The molecule has 0 atom stereocenters. The van der Waals surface area contributed by atoms with Crippen LogP contribution in [0.25, 0.3) is 11.3 Å². The molecule has 7 nitrogen and oxygen atoms in total. The summed E-state index contributed by atoms with van der Waals surface area (Å²) < 4.78 is 129. The van der Waals surface area contributed by atoms with Crippen molar-refractivity contribution in [1.29, 1.82) is 0 Å². The van der Waals surface area contributed by atoms with Gasteiger partial charge in [0, 0.05) is 42.7 Å². The molecule has 4 aromatic rings. The van der Waals surface area contributed by atoms with Gasteiger partial charge in [0.25, 0.3) is 5.95 Å². The van der Waals surface area contributed by atoms with Gasteiger partial charge in [-0.05, 0) is 65.9 Å². The van der Waals surface area contributed by atoms with Crippen LogP contribution in [0.5, 0.6) is 0 Å². The fourth-order valence-corrected chi connectivity index (χ4v) is 6.39. The van der Waals surface area contributed by atoms with Crippen molar-refractivity contribution in [1.82, 2.24) is 25.2 Å². The number of hydrogen-bond donors (Lipinski definition) is 0. The first-order valence-corrected chi connectivity index (χ1v) is 14.9. The lowest BCUT2D eigenvalue weighted by Gasteiger charge is -2.24. The van der Waals surface area contributed by atoms with Gasteiger partial charge in [0.2, 0.25) is 0 Å². The summed E-state index contributed by atoms with van der Waals surface area (Å²) in [6.07, 6.45) is -12.9. The van der Waals surface area contributed by atoms with Crippen LogP contribution in [0, 0.1) is 0 Å². The van der Waals surface area contributed by atoms with E-state index < -0.39 is 53.9 Å². The lowest BCUT2D eigenvalue weighted by molar-refractivity contribution is -0.143. The van der Waals surface area contributed by atoms with Gasteiger partial charge in [-0.15, -0.1) is 16.4 Å². The largest absolute Gasteiger partial charge is 0.416 e. The molecule has 1 aliphatic rings. The Balaban J connectivity index is 1.62. The quantitative estimate of drug-likeness (QED) is 0.176. The fourth-order valence-electron chi connectivity index (χ4n) is 5.21. The molecule has 0 amide bonds. The van der Waals surface area contributed by atoms with Crippen molar-refractivity contribution in [3.05, 3.63) is 74.1 Å². The Labute approximate surface area is 261 Å². The first kappa shape index (κ1) is 33.6. The van der Waals surface area contributed by atoms with Gasteiger partial charge >= 0.3 is 18.5 Å². The Morgan fingerprint density at radius 1 is 0.870 bits per heavy atom. The molecule has 1 saturated heterocycles. The Kier molecular flexibility index (Phi) is 9.37. The molecule has 0 aliphatic carbocycles. The first-order valence-electron chi connectivity index (χ1n) is 14.1. The van der Waals surface area contributed by atoms with E-state index in [4.69, 9.17) is 9.72 Å². The van der Waals surface area contributed by atoms with Gasteiger partial charge in [0.15, 0.2) is 0 Å². The van der Waals surface area contributed by atoms with Crippen LogP contribution >= 0.6 is 11.3 Å². The molecule has 1 fully saturated rings. The predicted octanol–water partition coefficient (Wildman–Crippen LogP) is 8.05. The van der Waals surface area contributed by atoms with E-state index in [1.807, 2.05) is 6.92 Å². The van der Waals surface area contributed by atoms with Crippen molar-refractivity contribution in [2.24, 2.45) is 7.05 Å². The number of rotatable bonds is 8. The van der Waals surface area contributed by atoms with Crippen LogP contribution in [-0.4, -0.2) is 38.4 Å². The number of aromatic nitrogens is 5. The highest BCUT2D eigenvalue weighted by atomic mass is 32.1. The zero-order valence-electron chi connectivity index (χ0n) is 24.4. The monoisotopic (exact) mass is 678 g/mol. The van der Waals surface area contributed by atoms with Gasteiger partial charge in [0.05, 0.1) is 34.4 Å². The number of alkyl halides is 9. The highest BCUT2D eigenvalue weighted by Gasteiger charge is 2.37. The summed E-state index contributed by atoms with van der Waals surface area (Å²) in [5, 5.41) is 12.4. The topological polar surface area (TPSA) is 69.0 Å². The first-order chi connectivity index (χ1) is 21.5. The molecule has 2 aromatic carbocycles. The van der Waals surface area contributed by atoms with Crippen LogP contribution < -0.4 is 4.90 Å². The summed E-state index contributed by atoms with van der Waals surface area (Å²) in [6, 6.07) is 4.22. The Bertz CT molecular complexity index is 1640. The van der Waals surface area contributed by atoms with Crippen molar-refractivity contribution in [3.63, 3.8) is 0 Å². The molecule has 0 bridgehead atoms. The van der Waals surface area contributed by atoms with Crippen LogP contribution in [0.2, 0.25) is 0 Å². The maximum absolute atomic E-state index is 13.9. The molecule has 0 spiro atoms. The fraction of sp³-hybridized carbons (Fsp3) is 0.448. The average molecular weight is 679 g/mol. The third-order valence-corrected chi connectivity index (χ3v) is 8.82. The third-order valence-electron chi connectivity index (χ3n) is 7.46. The minimum atomic E-state index is -5.09. The van der Waals surface area contributed by atoms with E-state index >= 15 is 0 Å². The smallest absolute Gasteiger partial charge is 0.381 e. The van der Waals surface area contributed by atoms with Gasteiger partial charge < -0.3 is 9.64 Å². The van der Waals surface area contributed by atoms with E-state index in [2.05, 4.69) is 15.4 Å². The molecular formula is C29H27F9N6OS. The Morgan fingerprint density at radius 3 is 2.04 bits per heavy atom. The van der Waals surface area contributed by atoms with E-state index in [-0.39, 0.29) is 23.5 Å². The molecular weight excluding hydrogens is 651 g/mol. The lowest BCUT2D eigenvalue weighted by atomic mass is 9.98. The normalized spacial score (nSPS) is 15.0. The van der Waals surface area contributed by atoms with E-state index in [1.54, 1.807) is 0 Å². The molecule has 0 saturated carbocycles. The summed E-state index contributed by atoms with van der Waals surface area (Å²) in [4.78, 5) is 7.85. The van der Waals surface area contributed by atoms with Crippen LogP contribution in [0.3, 0.4) is 0 Å². The Hall–Kier alpha value is -3.73. The van der Waals surface area contributed by atoms with E-state index in [1.165, 1.54) is 29.4 Å². The van der Waals surface area contributed by atoms with Gasteiger partial charge in [-0.2, -0.15) is 44.3 Å². The zero-order chi connectivity index (χ0) is 33.4. The highest BCUT2D eigenvalue weighted by molar-refractivity contribution is 7.12. The number of anilines is 1. The molecule has 17 heteroatoms. The second-order valence-corrected chi connectivity index (χ2v) is 11.9. The number of aryl methyl sites for hydroxylation is 2. The average Bonchev–Trinajstić information content (AvgIpc) is 3.62. The van der Waals surface area contributed by atoms with Gasteiger partial charge in [-0.25, -0.2) is 4.98 Å². The number of hydrogen-bond acceptors (Lipinski definition) is 7. The van der Waals surface area contributed by atoms with E-state index in [9.17, 15) is 39.5 Å². The molecule has 248 valence electrons. The minimum absolute atomic E-state index is 0.00383. The maximum atomic E-state index is 13.9. The lowest BCUT2D eigenvalue weighted by Crippen LogP contribution is -2.25. The third kappa shape index (κ3) is 7.62. The number of nitrogens with zero attached hydrogens (tertiary/aromatic N) is 6. The van der Waals surface area contributed by atoms with Crippen molar-refractivity contribution < 1.29 is 44.3 Å². The van der Waals surface area contributed by atoms with Crippen LogP contribution in [0.4, 0.5) is 45.5 Å². The van der Waals surface area contributed by atoms with E-state index in [0.717, 1.165) is 39.7 Å². The minimum Gasteiger partial charge on any atom is -0.381 e. The maximum Gasteiger partial charge on any atom is 0.416 e. The van der Waals surface area contributed by atoms with Crippen molar-refractivity contribution in [3.8, 4) is 11.3 Å². The standard InChI is InChI=1S/C29H27F9N6OS/c1-3-23-24(39-25(46-23)17-6-8-45-9-7-17)22-5-4-19(27(30,31)32)12-18(22)15-44(26-40-42-43(2)41-26)14-16-10-20(28(33,34)35)13-21(11-16)29(36,37)38/h4-5,10-13,17H,3,6-9,14-15H2,1-2H3. The molecule has 46 heavy (non-hydrogen) atoms. The molecule has 2 aromatic heterocycles. The molecule has 0 N–H and O–H groups in total. The van der Waals surface area contributed by atoms with Crippen LogP contribution in [0.1, 0.15) is 63.4 Å². The molecule has 1 aliphatic heterocycles. The summed E-state index contributed by atoms with van der Waals surface area (Å²) in [5.41, 5.74) is -3.58. The van der Waals surface area contributed by atoms with Crippen molar-refractivity contribution >= 4 is 17.3 Å². The highest BCUT2D eigenvalue weighted by Crippen LogP contribution is 2.41. The van der Waals surface area contributed by atoms with Crippen LogP contribution in [-0.2, 0) is 49.8 Å². The SMILES string of the molecule is CCc1sc(C2CCOCC2)nc1-c1ccc(C(F)(F)F)cc1CN(Cc1cc(C(F)(F)F)cc(C(F)(F)F)c1)c1nnn(C)n1. The van der Waals surface area contributed by atoms with E-state index in [0.29, 0.717) is 43.0 Å². The van der Waals surface area contributed by atoms with Gasteiger partial charge in [0.1, 0.15) is 0 Å². The number of halogens is 9. The summed E-state index contributed by atoms with van der Waals surface area (Å²) >= 11 is 1.45. The number of thiazole rings is 1. The number of benzene rings is 2. The number of ether oxygens (including phenoxy) is 1. The molecule has 0 unspecified atom stereocenters. The Morgan fingerprint density at radius 2 is 1.50 bits per heavy atom. The summed E-state index contributed by atoms with van der Waals surface area (Å²) in [7, 11) is 1.39. The predicted molar refractivity (Wildman–Crippen MR) is 150 cm³/mol. The molecule has 0 radical (unpaired) electrons. The molecule has 3 heterocycles. The van der Waals surface area contributed by atoms with Crippen LogP contribution in [0.15, 0.2) is 36.4 Å². The second kappa shape index (κ2) is 12.8. The summed E-state index contributed by atoms with van der Waals surface area (Å²) in [5.74, 6) is -0.103. The zero-order valence-corrected chi connectivity index (χ0v) is 25.2. The van der Waals surface area contributed by atoms with Gasteiger partial charge in [-0.3, -0.25) is 0 Å². The van der Waals surface area contributed by atoms with Crippen molar-refractivity contribution in [2.45, 2.75) is 63.7 Å². The molecule has 5 rings (SSSR count). The van der Waals surface area contributed by atoms with Gasteiger partial charge in [-0.1, -0.05) is 18.1 Å². The van der Waals surface area contributed by atoms with Crippen molar-refractivity contribution in [2.75, 3.05) is 18.1 Å². The number of tetrazole rings is 1.